The lowest BCUT2D eigenvalue weighted by molar-refractivity contribution is 0.0617. The Kier molecular flexibility index (Phi) is 6.00. The number of hydrogen-bond donors (Lipinski definition) is 0. The van der Waals surface area contributed by atoms with Crippen LogP contribution in [0.3, 0.4) is 0 Å². The molecule has 0 aliphatic rings. The van der Waals surface area contributed by atoms with Crippen molar-refractivity contribution in [3.05, 3.63) is 16.7 Å². The van der Waals surface area contributed by atoms with Gasteiger partial charge in [0, 0.05) is 13.0 Å². The fourth-order valence-electron chi connectivity index (χ4n) is 1.79. The van der Waals surface area contributed by atoms with E-state index >= 15 is 0 Å². The molecule has 0 saturated carbocycles. The molecule has 0 unspecified atom stereocenters. The molecule has 0 saturated heterocycles. The summed E-state index contributed by atoms with van der Waals surface area (Å²) in [6.45, 7) is 9.80. The molecule has 0 aliphatic carbocycles. The van der Waals surface area contributed by atoms with Crippen molar-refractivity contribution < 1.29 is 4.74 Å². The van der Waals surface area contributed by atoms with E-state index in [2.05, 4.69) is 23.4 Å². The number of unbranched alkanes of at least 4 members (excludes halogenated alkanes) is 1. The zero-order chi connectivity index (χ0) is 12.8. The lowest BCUT2D eigenvalue weighted by atomic mass is 10.2. The molecule has 17 heavy (non-hydrogen) atoms. The molecular formula is C13H23ClN2O. The quantitative estimate of drug-likeness (QED) is 0.743. The van der Waals surface area contributed by atoms with Gasteiger partial charge in [0.2, 0.25) is 0 Å². The van der Waals surface area contributed by atoms with Gasteiger partial charge in [-0.3, -0.25) is 0 Å². The van der Waals surface area contributed by atoms with Gasteiger partial charge in [0.15, 0.2) is 5.15 Å². The second-order valence-corrected chi connectivity index (χ2v) is 4.83. The Balaban J connectivity index is 2.83. The molecule has 1 rings (SSSR count). The molecule has 0 fully saturated rings. The molecule has 98 valence electrons. The van der Waals surface area contributed by atoms with Gasteiger partial charge in [-0.1, -0.05) is 24.9 Å². The van der Waals surface area contributed by atoms with E-state index in [9.17, 15) is 0 Å². The van der Waals surface area contributed by atoms with Crippen molar-refractivity contribution in [2.24, 2.45) is 0 Å². The zero-order valence-electron chi connectivity index (χ0n) is 11.3. The van der Waals surface area contributed by atoms with Crippen LogP contribution in [0.2, 0.25) is 5.15 Å². The van der Waals surface area contributed by atoms with Crippen molar-refractivity contribution in [2.75, 3.05) is 0 Å². The van der Waals surface area contributed by atoms with Gasteiger partial charge in [0.1, 0.15) is 5.82 Å². The summed E-state index contributed by atoms with van der Waals surface area (Å²) in [6, 6.07) is 0. The second-order valence-electron chi connectivity index (χ2n) is 4.47. The maximum Gasteiger partial charge on any atom is 0.152 e. The van der Waals surface area contributed by atoms with Gasteiger partial charge in [-0.25, -0.2) is 4.98 Å². The molecule has 0 spiro atoms. The van der Waals surface area contributed by atoms with Crippen molar-refractivity contribution in [3.63, 3.8) is 0 Å². The molecule has 0 atom stereocenters. The number of halogens is 1. The molecule has 0 aromatic carbocycles. The van der Waals surface area contributed by atoms with Crippen molar-refractivity contribution >= 4 is 11.6 Å². The van der Waals surface area contributed by atoms with Gasteiger partial charge < -0.3 is 9.30 Å². The predicted octanol–water partition coefficient (Wildman–Crippen LogP) is 3.82. The predicted molar refractivity (Wildman–Crippen MR) is 71.4 cm³/mol. The van der Waals surface area contributed by atoms with Crippen LogP contribution >= 0.6 is 11.6 Å². The van der Waals surface area contributed by atoms with E-state index in [-0.39, 0.29) is 6.10 Å². The summed E-state index contributed by atoms with van der Waals surface area (Å²) < 4.78 is 7.80. The topological polar surface area (TPSA) is 27.1 Å². The summed E-state index contributed by atoms with van der Waals surface area (Å²) in [5, 5.41) is 0.596. The first-order valence-electron chi connectivity index (χ1n) is 6.45. The molecular weight excluding hydrogens is 236 g/mol. The summed E-state index contributed by atoms with van der Waals surface area (Å²) in [5.41, 5.74) is 1.01. The lowest BCUT2D eigenvalue weighted by Crippen LogP contribution is -2.10. The molecule has 1 aromatic rings. The lowest BCUT2D eigenvalue weighted by Gasteiger charge is -2.11. The number of nitrogens with zero attached hydrogens (tertiary/aromatic N) is 2. The number of rotatable bonds is 7. The minimum absolute atomic E-state index is 0.213. The number of imidazole rings is 1. The normalized spacial score (nSPS) is 11.4. The smallest absolute Gasteiger partial charge is 0.152 e. The molecule has 1 heterocycles. The molecule has 0 radical (unpaired) electrons. The van der Waals surface area contributed by atoms with E-state index in [0.717, 1.165) is 30.9 Å². The third-order valence-corrected chi connectivity index (χ3v) is 3.03. The molecule has 4 heteroatoms. The van der Waals surface area contributed by atoms with Crippen LogP contribution in [0, 0.1) is 0 Å². The zero-order valence-corrected chi connectivity index (χ0v) is 12.0. The Hall–Kier alpha value is -0.540. The summed E-state index contributed by atoms with van der Waals surface area (Å²) in [7, 11) is 0. The molecule has 0 bridgehead atoms. The van der Waals surface area contributed by atoms with Gasteiger partial charge >= 0.3 is 0 Å². The van der Waals surface area contributed by atoms with Gasteiger partial charge in [0.05, 0.1) is 18.4 Å². The SMILES string of the molecule is CCCCc1nc(Cl)c(COC(C)C)n1CC. The van der Waals surface area contributed by atoms with E-state index in [1.807, 2.05) is 13.8 Å². The molecule has 3 nitrogen and oxygen atoms in total. The number of aromatic nitrogens is 2. The number of hydrogen-bond acceptors (Lipinski definition) is 2. The van der Waals surface area contributed by atoms with Crippen LogP contribution in [0.1, 0.15) is 52.1 Å². The summed E-state index contributed by atoms with van der Waals surface area (Å²) >= 11 is 6.18. The van der Waals surface area contributed by atoms with Crippen LogP contribution in [0.15, 0.2) is 0 Å². The molecule has 1 aromatic heterocycles. The van der Waals surface area contributed by atoms with Gasteiger partial charge in [-0.05, 0) is 27.2 Å². The molecule has 0 aliphatic heterocycles. The van der Waals surface area contributed by atoms with E-state index in [1.54, 1.807) is 0 Å². The Labute approximate surface area is 109 Å². The Morgan fingerprint density at radius 2 is 2.06 bits per heavy atom. The highest BCUT2D eigenvalue weighted by atomic mass is 35.5. The number of ether oxygens (including phenoxy) is 1. The first-order chi connectivity index (χ1) is 8.10. The van der Waals surface area contributed by atoms with Crippen molar-refractivity contribution in [2.45, 2.75) is 66.2 Å². The Morgan fingerprint density at radius 1 is 1.35 bits per heavy atom. The van der Waals surface area contributed by atoms with E-state index in [0.29, 0.717) is 11.8 Å². The molecule has 0 amide bonds. The summed E-state index contributed by atoms with van der Waals surface area (Å²) in [4.78, 5) is 4.45. The fraction of sp³-hybridized carbons (Fsp3) is 0.769. The van der Waals surface area contributed by atoms with Crippen LogP contribution in [-0.4, -0.2) is 15.7 Å². The largest absolute Gasteiger partial charge is 0.372 e. The van der Waals surface area contributed by atoms with Crippen LogP contribution in [0.25, 0.3) is 0 Å². The summed E-state index contributed by atoms with van der Waals surface area (Å²) in [5.74, 6) is 1.08. The average Bonchev–Trinajstić information content (AvgIpc) is 2.59. The fourth-order valence-corrected chi connectivity index (χ4v) is 2.04. The van der Waals surface area contributed by atoms with Gasteiger partial charge in [0.25, 0.3) is 0 Å². The van der Waals surface area contributed by atoms with Crippen molar-refractivity contribution in [1.29, 1.82) is 0 Å². The third-order valence-electron chi connectivity index (χ3n) is 2.73. The average molecular weight is 259 g/mol. The van der Waals surface area contributed by atoms with E-state index in [4.69, 9.17) is 16.3 Å². The highest BCUT2D eigenvalue weighted by Crippen LogP contribution is 2.20. The van der Waals surface area contributed by atoms with Gasteiger partial charge in [-0.2, -0.15) is 0 Å². The molecule has 0 N–H and O–H groups in total. The van der Waals surface area contributed by atoms with Crippen molar-refractivity contribution in [3.8, 4) is 0 Å². The monoisotopic (exact) mass is 258 g/mol. The van der Waals surface area contributed by atoms with Crippen molar-refractivity contribution in [1.82, 2.24) is 9.55 Å². The Morgan fingerprint density at radius 3 is 2.59 bits per heavy atom. The van der Waals surface area contributed by atoms with Crippen LogP contribution < -0.4 is 0 Å². The highest BCUT2D eigenvalue weighted by molar-refractivity contribution is 6.30. The third kappa shape index (κ3) is 4.00. The first kappa shape index (κ1) is 14.5. The summed E-state index contributed by atoms with van der Waals surface area (Å²) in [6.07, 6.45) is 3.53. The van der Waals surface area contributed by atoms with E-state index in [1.165, 1.54) is 6.42 Å². The second kappa shape index (κ2) is 7.02. The minimum Gasteiger partial charge on any atom is -0.372 e. The minimum atomic E-state index is 0.213. The first-order valence-corrected chi connectivity index (χ1v) is 6.83. The maximum absolute atomic E-state index is 6.18. The highest BCUT2D eigenvalue weighted by Gasteiger charge is 2.14. The standard InChI is InChI=1S/C13H23ClN2O/c1-5-7-8-12-15-13(14)11(16(12)6-2)9-17-10(3)4/h10H,5-9H2,1-4H3. The Bertz CT molecular complexity index is 347. The van der Waals surface area contributed by atoms with Crippen LogP contribution in [-0.2, 0) is 24.3 Å². The maximum atomic E-state index is 6.18. The van der Waals surface area contributed by atoms with Crippen LogP contribution in [0.4, 0.5) is 0 Å². The van der Waals surface area contributed by atoms with Gasteiger partial charge in [-0.15, -0.1) is 0 Å². The van der Waals surface area contributed by atoms with E-state index < -0.39 is 0 Å². The number of aryl methyl sites for hydroxylation is 1. The van der Waals surface area contributed by atoms with Crippen LogP contribution in [0.5, 0.6) is 0 Å².